The number of hydrogen-bond acceptors (Lipinski definition) is 8. The number of carbonyl (C=O) groups excluding carboxylic acids is 2. The number of Topliss-reactive ketones (excluding diaryl/α,β-unsaturated/α-hetero) is 2. The molecule has 2 aliphatic rings. The second-order valence-corrected chi connectivity index (χ2v) is 9.48. The summed E-state index contributed by atoms with van der Waals surface area (Å²) in [5, 5.41) is 10.6. The molecule has 0 saturated carbocycles. The zero-order valence-corrected chi connectivity index (χ0v) is 21.9. The molecule has 0 amide bonds. The Balaban J connectivity index is 0.000000275. The highest BCUT2D eigenvalue weighted by molar-refractivity contribution is 6.41. The number of alkyl halides is 6. The molecule has 8 nitrogen and oxygen atoms in total. The first-order valence-electron chi connectivity index (χ1n) is 12.3. The SMILES string of the molecule is Clc1cnc2nc1Nc1ccc(N3CCNCC3)c(c1)CCc1cccc(c1)N2.O=C(C(=O)C(F)(F)F)C(F)(F)F. The van der Waals surface area contributed by atoms with Crippen LogP contribution in [0.25, 0.3) is 0 Å². The van der Waals surface area contributed by atoms with Crippen LogP contribution in [-0.2, 0) is 22.4 Å². The summed E-state index contributed by atoms with van der Waals surface area (Å²) >= 11 is 6.36. The number of halogens is 7. The molecule has 3 N–H and O–H groups in total. The van der Waals surface area contributed by atoms with E-state index in [1.807, 2.05) is 6.07 Å². The van der Waals surface area contributed by atoms with E-state index < -0.39 is 23.9 Å². The van der Waals surface area contributed by atoms with Crippen molar-refractivity contribution in [3.05, 3.63) is 64.8 Å². The normalized spacial score (nSPS) is 15.0. The van der Waals surface area contributed by atoms with Crippen LogP contribution in [0.5, 0.6) is 0 Å². The summed E-state index contributed by atoms with van der Waals surface area (Å²) in [7, 11) is 0. The Bertz CT molecular complexity index is 1400. The molecule has 15 heteroatoms. The fourth-order valence-corrected chi connectivity index (χ4v) is 4.34. The van der Waals surface area contributed by atoms with Crippen LogP contribution in [0.2, 0.25) is 5.02 Å². The third kappa shape index (κ3) is 7.85. The van der Waals surface area contributed by atoms with Crippen LogP contribution >= 0.6 is 11.6 Å². The minimum Gasteiger partial charge on any atom is -0.369 e. The number of nitrogens with one attached hydrogen (secondary N) is 3. The van der Waals surface area contributed by atoms with Crippen molar-refractivity contribution >= 4 is 52.0 Å². The Morgan fingerprint density at radius 2 is 1.51 bits per heavy atom. The highest BCUT2D eigenvalue weighted by Gasteiger charge is 2.54. The number of aromatic nitrogens is 2. The van der Waals surface area contributed by atoms with Gasteiger partial charge in [0, 0.05) is 43.2 Å². The lowest BCUT2D eigenvalue weighted by molar-refractivity contribution is -0.193. The van der Waals surface area contributed by atoms with E-state index in [1.54, 1.807) is 6.20 Å². The van der Waals surface area contributed by atoms with Crippen molar-refractivity contribution in [2.24, 2.45) is 0 Å². The van der Waals surface area contributed by atoms with Crippen molar-refractivity contribution in [2.45, 2.75) is 25.2 Å². The van der Waals surface area contributed by atoms with Gasteiger partial charge in [-0.25, -0.2) is 4.98 Å². The van der Waals surface area contributed by atoms with Crippen LogP contribution < -0.4 is 20.9 Å². The summed E-state index contributed by atoms with van der Waals surface area (Å²) < 4.78 is 67.0. The first-order chi connectivity index (χ1) is 19.3. The second kappa shape index (κ2) is 12.3. The molecule has 0 spiro atoms. The lowest BCUT2D eigenvalue weighted by Crippen LogP contribution is -2.43. The first-order valence-corrected chi connectivity index (χ1v) is 12.7. The zero-order chi connectivity index (χ0) is 29.8. The van der Waals surface area contributed by atoms with Crippen LogP contribution in [0.15, 0.2) is 48.7 Å². The number of fused-ring (bicyclic) bond motifs is 6. The van der Waals surface area contributed by atoms with Gasteiger partial charge in [-0.3, -0.25) is 9.59 Å². The molecule has 1 saturated heterocycles. The maximum absolute atomic E-state index is 11.2. The molecule has 3 aromatic rings. The van der Waals surface area contributed by atoms with Crippen LogP contribution in [0.4, 0.5) is 55.2 Å². The van der Waals surface area contributed by atoms with Gasteiger partial charge in [0.15, 0.2) is 5.82 Å². The van der Waals surface area contributed by atoms with Gasteiger partial charge in [-0.1, -0.05) is 23.7 Å². The van der Waals surface area contributed by atoms with Gasteiger partial charge < -0.3 is 20.9 Å². The molecule has 0 radical (unpaired) electrons. The molecule has 2 aliphatic heterocycles. The van der Waals surface area contributed by atoms with Crippen molar-refractivity contribution in [3.63, 3.8) is 0 Å². The van der Waals surface area contributed by atoms with Crippen molar-refractivity contribution < 1.29 is 35.9 Å². The Hall–Kier alpha value is -3.91. The molecule has 5 rings (SSSR count). The van der Waals surface area contributed by atoms with E-state index in [-0.39, 0.29) is 0 Å². The van der Waals surface area contributed by atoms with Gasteiger partial charge in [-0.05, 0) is 54.3 Å². The Morgan fingerprint density at radius 3 is 2.17 bits per heavy atom. The average molecular weight is 601 g/mol. The fourth-order valence-electron chi connectivity index (χ4n) is 4.20. The molecule has 41 heavy (non-hydrogen) atoms. The highest BCUT2D eigenvalue weighted by Crippen LogP contribution is 2.31. The monoisotopic (exact) mass is 600 g/mol. The predicted molar refractivity (Wildman–Crippen MR) is 141 cm³/mol. The third-order valence-corrected chi connectivity index (χ3v) is 6.41. The average Bonchev–Trinajstić information content (AvgIpc) is 2.93. The van der Waals surface area contributed by atoms with Gasteiger partial charge in [-0.15, -0.1) is 0 Å². The van der Waals surface area contributed by atoms with E-state index in [0.29, 0.717) is 16.8 Å². The van der Waals surface area contributed by atoms with Crippen LogP contribution in [-0.4, -0.2) is 60.1 Å². The van der Waals surface area contributed by atoms with E-state index >= 15 is 0 Å². The number of piperazine rings is 1. The van der Waals surface area contributed by atoms with E-state index in [1.165, 1.54) is 16.8 Å². The summed E-state index contributed by atoms with van der Waals surface area (Å²) in [6, 6.07) is 15.0. The molecule has 0 unspecified atom stereocenters. The molecule has 218 valence electrons. The summed E-state index contributed by atoms with van der Waals surface area (Å²) in [6.07, 6.45) is -7.98. The lowest BCUT2D eigenvalue weighted by atomic mass is 10.0. The van der Waals surface area contributed by atoms with Gasteiger partial charge in [-0.2, -0.15) is 31.3 Å². The van der Waals surface area contributed by atoms with Gasteiger partial charge in [0.1, 0.15) is 5.02 Å². The van der Waals surface area contributed by atoms with E-state index in [0.717, 1.165) is 50.4 Å². The van der Waals surface area contributed by atoms with Gasteiger partial charge in [0.25, 0.3) is 0 Å². The lowest BCUT2D eigenvalue weighted by Gasteiger charge is -2.31. The molecule has 3 heterocycles. The molecule has 0 aliphatic carbocycles. The summed E-state index contributed by atoms with van der Waals surface area (Å²) in [5.74, 6) is -5.70. The largest absolute Gasteiger partial charge is 0.458 e. The summed E-state index contributed by atoms with van der Waals surface area (Å²) in [5.41, 5.74) is 5.89. The first kappa shape index (κ1) is 30.1. The molecule has 1 fully saturated rings. The molecule has 1 aromatic heterocycles. The summed E-state index contributed by atoms with van der Waals surface area (Å²) in [6.45, 7) is 4.10. The van der Waals surface area contributed by atoms with Crippen LogP contribution in [0.3, 0.4) is 0 Å². The minimum absolute atomic E-state index is 0.493. The van der Waals surface area contributed by atoms with E-state index in [4.69, 9.17) is 11.6 Å². The molecule has 0 atom stereocenters. The zero-order valence-electron chi connectivity index (χ0n) is 21.2. The number of benzene rings is 2. The van der Waals surface area contributed by atoms with Crippen LogP contribution in [0.1, 0.15) is 11.1 Å². The number of anilines is 5. The number of ketones is 2. The van der Waals surface area contributed by atoms with Gasteiger partial charge in [0.2, 0.25) is 5.95 Å². The Morgan fingerprint density at radius 1 is 0.854 bits per heavy atom. The third-order valence-electron chi connectivity index (χ3n) is 6.13. The predicted octanol–water partition coefficient (Wildman–Crippen LogP) is 5.37. The number of carbonyl (C=O) groups is 2. The van der Waals surface area contributed by atoms with Gasteiger partial charge in [0.05, 0.1) is 6.20 Å². The van der Waals surface area contributed by atoms with E-state index in [2.05, 4.69) is 67.2 Å². The van der Waals surface area contributed by atoms with Crippen molar-refractivity contribution in [1.82, 2.24) is 15.3 Å². The molecular formula is C26H23ClF6N6O2. The molecule has 6 bridgehead atoms. The van der Waals surface area contributed by atoms with E-state index in [9.17, 15) is 35.9 Å². The topological polar surface area (TPSA) is 99.2 Å². The minimum atomic E-state index is -5.77. The number of nitrogens with zero attached hydrogens (tertiary/aromatic N) is 3. The highest BCUT2D eigenvalue weighted by atomic mass is 35.5. The Kier molecular flexibility index (Phi) is 9.02. The maximum atomic E-state index is 11.2. The number of aryl methyl sites for hydroxylation is 2. The molecule has 2 aromatic carbocycles. The van der Waals surface area contributed by atoms with Crippen molar-refractivity contribution in [2.75, 3.05) is 41.7 Å². The smallest absolute Gasteiger partial charge is 0.369 e. The Labute approximate surface area is 235 Å². The number of hydrogen-bond donors (Lipinski definition) is 3. The fraction of sp³-hybridized carbons (Fsp3) is 0.308. The summed E-state index contributed by atoms with van der Waals surface area (Å²) in [4.78, 5) is 30.6. The van der Waals surface area contributed by atoms with Crippen molar-refractivity contribution in [1.29, 1.82) is 0 Å². The van der Waals surface area contributed by atoms with Crippen molar-refractivity contribution in [3.8, 4) is 0 Å². The number of rotatable bonds is 2. The maximum Gasteiger partial charge on any atom is 0.458 e. The van der Waals surface area contributed by atoms with Crippen LogP contribution in [0, 0.1) is 0 Å². The molecular weight excluding hydrogens is 578 g/mol. The van der Waals surface area contributed by atoms with Gasteiger partial charge >= 0.3 is 23.9 Å². The standard InChI is InChI=1S/C22H23ClN6.C4F6O2/c23-19-14-25-22-27-17-3-1-2-15(12-17)4-5-16-13-18(26-21(19)28-22)6-7-20(16)29-10-8-24-9-11-29;5-3(6,7)1(11)2(12)4(8,9)10/h1-3,6-7,12-14,24H,4-5,8-11H2,(H2,25,26,27,28);. The quantitative estimate of drug-likeness (QED) is 0.267. The second-order valence-electron chi connectivity index (χ2n) is 9.07.